The van der Waals surface area contributed by atoms with Crippen molar-refractivity contribution in [1.82, 2.24) is 4.90 Å². The second-order valence-electron chi connectivity index (χ2n) is 5.02. The van der Waals surface area contributed by atoms with E-state index in [-0.39, 0.29) is 6.04 Å². The van der Waals surface area contributed by atoms with Crippen LogP contribution in [0.3, 0.4) is 0 Å². The Morgan fingerprint density at radius 1 is 1.47 bits per heavy atom. The molecule has 0 saturated carbocycles. The Morgan fingerprint density at radius 2 is 2.26 bits per heavy atom. The van der Waals surface area contributed by atoms with Crippen molar-refractivity contribution in [2.45, 2.75) is 26.0 Å². The van der Waals surface area contributed by atoms with Gasteiger partial charge in [-0.2, -0.15) is 0 Å². The van der Waals surface area contributed by atoms with Gasteiger partial charge in [-0.05, 0) is 19.9 Å². The normalized spacial score (nSPS) is 22.2. The first-order valence-electron chi connectivity index (χ1n) is 7.02. The zero-order valence-electron chi connectivity index (χ0n) is 11.8. The minimum atomic E-state index is -0.0203. The first-order valence-corrected chi connectivity index (χ1v) is 7.02. The van der Waals surface area contributed by atoms with E-state index >= 15 is 0 Å². The number of ether oxygens (including phenoxy) is 2. The maximum Gasteiger partial charge on any atom is 0.124 e. The lowest BCUT2D eigenvalue weighted by Gasteiger charge is -2.33. The fourth-order valence-corrected chi connectivity index (χ4v) is 2.51. The fraction of sp³-hybridized carbons (Fsp3) is 0.600. The van der Waals surface area contributed by atoms with Crippen molar-refractivity contribution in [3.63, 3.8) is 0 Å². The van der Waals surface area contributed by atoms with Crippen LogP contribution in [0.5, 0.6) is 5.75 Å². The number of hydrogen-bond acceptors (Lipinski definition) is 4. The maximum atomic E-state index is 6.34. The maximum absolute atomic E-state index is 6.34. The van der Waals surface area contributed by atoms with E-state index < -0.39 is 0 Å². The van der Waals surface area contributed by atoms with Crippen molar-refractivity contribution in [2.24, 2.45) is 5.73 Å². The van der Waals surface area contributed by atoms with Gasteiger partial charge in [-0.15, -0.1) is 0 Å². The zero-order valence-corrected chi connectivity index (χ0v) is 11.8. The average molecular weight is 264 g/mol. The Balaban J connectivity index is 2.00. The second kappa shape index (κ2) is 6.89. The number of para-hydroxylation sites is 1. The summed E-state index contributed by atoms with van der Waals surface area (Å²) in [7, 11) is 0. The second-order valence-corrected chi connectivity index (χ2v) is 5.02. The average Bonchev–Trinajstić information content (AvgIpc) is 2.39. The molecule has 0 aliphatic carbocycles. The van der Waals surface area contributed by atoms with Gasteiger partial charge in [0.15, 0.2) is 0 Å². The van der Waals surface area contributed by atoms with E-state index in [0.29, 0.717) is 12.7 Å². The summed E-state index contributed by atoms with van der Waals surface area (Å²) in [6.45, 7) is 8.30. The molecular formula is C15H24N2O2. The van der Waals surface area contributed by atoms with E-state index in [4.69, 9.17) is 15.2 Å². The Kier molecular flexibility index (Phi) is 5.19. The van der Waals surface area contributed by atoms with Crippen molar-refractivity contribution in [3.8, 4) is 5.75 Å². The first kappa shape index (κ1) is 14.3. The highest BCUT2D eigenvalue weighted by Crippen LogP contribution is 2.24. The smallest absolute Gasteiger partial charge is 0.124 e. The lowest BCUT2D eigenvalue weighted by atomic mass is 10.1. The Bertz CT molecular complexity index is 397. The van der Waals surface area contributed by atoms with Gasteiger partial charge in [0.2, 0.25) is 0 Å². The Hall–Kier alpha value is -1.10. The number of morpholine rings is 1. The highest BCUT2D eigenvalue weighted by atomic mass is 16.5. The summed E-state index contributed by atoms with van der Waals surface area (Å²) in [6, 6.07) is 8.02. The molecule has 0 amide bonds. The molecule has 1 aromatic rings. The van der Waals surface area contributed by atoms with Crippen molar-refractivity contribution in [3.05, 3.63) is 29.8 Å². The monoisotopic (exact) mass is 264 g/mol. The molecule has 2 unspecified atom stereocenters. The number of benzene rings is 1. The van der Waals surface area contributed by atoms with Gasteiger partial charge in [0, 0.05) is 31.2 Å². The van der Waals surface area contributed by atoms with Crippen LogP contribution in [0.1, 0.15) is 25.5 Å². The van der Waals surface area contributed by atoms with E-state index in [1.54, 1.807) is 0 Å². The van der Waals surface area contributed by atoms with Crippen LogP contribution in [0.2, 0.25) is 0 Å². The van der Waals surface area contributed by atoms with E-state index in [0.717, 1.165) is 37.6 Å². The summed E-state index contributed by atoms with van der Waals surface area (Å²) < 4.78 is 11.2. The molecule has 0 spiro atoms. The molecule has 1 saturated heterocycles. The molecule has 1 aliphatic rings. The molecule has 1 aromatic carbocycles. The minimum Gasteiger partial charge on any atom is -0.494 e. The van der Waals surface area contributed by atoms with Gasteiger partial charge in [0.05, 0.1) is 19.3 Å². The van der Waals surface area contributed by atoms with Crippen molar-refractivity contribution < 1.29 is 9.47 Å². The Morgan fingerprint density at radius 3 is 3.00 bits per heavy atom. The third-order valence-electron chi connectivity index (χ3n) is 3.40. The molecule has 0 radical (unpaired) electrons. The summed E-state index contributed by atoms with van der Waals surface area (Å²) in [5.74, 6) is 0.902. The largest absolute Gasteiger partial charge is 0.494 e. The van der Waals surface area contributed by atoms with Crippen LogP contribution >= 0.6 is 0 Å². The topological polar surface area (TPSA) is 47.7 Å². The highest BCUT2D eigenvalue weighted by Gasteiger charge is 2.20. The molecule has 4 nitrogen and oxygen atoms in total. The number of hydrogen-bond donors (Lipinski definition) is 1. The van der Waals surface area contributed by atoms with Gasteiger partial charge in [-0.3, -0.25) is 4.90 Å². The molecule has 2 rings (SSSR count). The third kappa shape index (κ3) is 3.93. The van der Waals surface area contributed by atoms with Crippen molar-refractivity contribution in [2.75, 3.05) is 32.8 Å². The zero-order chi connectivity index (χ0) is 13.7. The minimum absolute atomic E-state index is 0.0203. The predicted molar refractivity (Wildman–Crippen MR) is 76.4 cm³/mol. The van der Waals surface area contributed by atoms with E-state index in [9.17, 15) is 0 Å². The number of nitrogens with zero attached hydrogens (tertiary/aromatic N) is 1. The SMILES string of the molecule is CCOc1ccccc1C(N)CN1CCOC(C)C1. The summed E-state index contributed by atoms with van der Waals surface area (Å²) in [5, 5.41) is 0. The summed E-state index contributed by atoms with van der Waals surface area (Å²) >= 11 is 0. The van der Waals surface area contributed by atoms with E-state index in [2.05, 4.69) is 17.9 Å². The third-order valence-corrected chi connectivity index (χ3v) is 3.40. The molecular weight excluding hydrogens is 240 g/mol. The molecule has 2 atom stereocenters. The van der Waals surface area contributed by atoms with Gasteiger partial charge < -0.3 is 15.2 Å². The quantitative estimate of drug-likeness (QED) is 0.881. The molecule has 4 heteroatoms. The van der Waals surface area contributed by atoms with Crippen LogP contribution in [-0.2, 0) is 4.74 Å². The number of rotatable bonds is 5. The van der Waals surface area contributed by atoms with Crippen LogP contribution in [-0.4, -0.2) is 43.9 Å². The van der Waals surface area contributed by atoms with Gasteiger partial charge in [-0.1, -0.05) is 18.2 Å². The van der Waals surface area contributed by atoms with Crippen LogP contribution in [0, 0.1) is 0 Å². The number of nitrogens with two attached hydrogens (primary N) is 1. The van der Waals surface area contributed by atoms with Crippen LogP contribution in [0.15, 0.2) is 24.3 Å². The summed E-state index contributed by atoms with van der Waals surface area (Å²) in [4.78, 5) is 2.36. The molecule has 2 N–H and O–H groups in total. The van der Waals surface area contributed by atoms with E-state index in [1.807, 2.05) is 25.1 Å². The summed E-state index contributed by atoms with van der Waals surface area (Å²) in [5.41, 5.74) is 7.43. The lowest BCUT2D eigenvalue weighted by molar-refractivity contribution is -0.0199. The standard InChI is InChI=1S/C15H24N2O2/c1-3-18-15-7-5-4-6-13(15)14(16)11-17-8-9-19-12(2)10-17/h4-7,12,14H,3,8-11,16H2,1-2H3. The lowest BCUT2D eigenvalue weighted by Crippen LogP contribution is -2.44. The summed E-state index contributed by atoms with van der Waals surface area (Å²) in [6.07, 6.45) is 0.295. The van der Waals surface area contributed by atoms with Gasteiger partial charge in [-0.25, -0.2) is 0 Å². The molecule has 1 aliphatic heterocycles. The highest BCUT2D eigenvalue weighted by molar-refractivity contribution is 5.35. The van der Waals surface area contributed by atoms with Gasteiger partial charge >= 0.3 is 0 Å². The predicted octanol–water partition coefficient (Wildman–Crippen LogP) is 1.81. The van der Waals surface area contributed by atoms with Crippen molar-refractivity contribution in [1.29, 1.82) is 0 Å². The fourth-order valence-electron chi connectivity index (χ4n) is 2.51. The van der Waals surface area contributed by atoms with Crippen LogP contribution < -0.4 is 10.5 Å². The molecule has 0 aromatic heterocycles. The van der Waals surface area contributed by atoms with E-state index in [1.165, 1.54) is 0 Å². The van der Waals surface area contributed by atoms with Crippen LogP contribution in [0.25, 0.3) is 0 Å². The first-order chi connectivity index (χ1) is 9.20. The molecule has 0 bridgehead atoms. The van der Waals surface area contributed by atoms with Crippen molar-refractivity contribution >= 4 is 0 Å². The molecule has 19 heavy (non-hydrogen) atoms. The van der Waals surface area contributed by atoms with Gasteiger partial charge in [0.25, 0.3) is 0 Å². The van der Waals surface area contributed by atoms with Gasteiger partial charge in [0.1, 0.15) is 5.75 Å². The van der Waals surface area contributed by atoms with Crippen LogP contribution in [0.4, 0.5) is 0 Å². The molecule has 1 fully saturated rings. The molecule has 1 heterocycles. The molecule has 106 valence electrons. The Labute approximate surface area is 115 Å².